The first kappa shape index (κ1) is 23.4. The lowest BCUT2D eigenvalue weighted by atomic mass is 10.1. The van der Waals surface area contributed by atoms with Crippen LogP contribution in [0, 0.1) is 0 Å². The maximum Gasteiger partial charge on any atom is 0.320 e. The van der Waals surface area contributed by atoms with E-state index in [1.807, 2.05) is 24.3 Å². The Morgan fingerprint density at radius 1 is 0.882 bits per heavy atom. The van der Waals surface area contributed by atoms with E-state index in [4.69, 9.17) is 20.9 Å². The van der Waals surface area contributed by atoms with Gasteiger partial charge in [0.05, 0.1) is 13.2 Å². The van der Waals surface area contributed by atoms with E-state index >= 15 is 0 Å². The molecule has 0 aliphatic carbocycles. The van der Waals surface area contributed by atoms with Crippen LogP contribution in [-0.2, 0) is 30.9 Å². The highest BCUT2D eigenvalue weighted by atomic mass is 16.5. The number of methoxy groups -OCH3 is 1. The summed E-state index contributed by atoms with van der Waals surface area (Å²) in [6.07, 6.45) is 0. The summed E-state index contributed by atoms with van der Waals surface area (Å²) in [6.45, 7) is 3.12. The van der Waals surface area contributed by atoms with Gasteiger partial charge in [-0.2, -0.15) is 15.0 Å². The number of aromatic nitrogens is 4. The molecule has 0 saturated heterocycles. The van der Waals surface area contributed by atoms with Crippen molar-refractivity contribution in [2.24, 2.45) is 5.73 Å². The SMILES string of the molecule is COCCOc1nc(N)c2nc(O)n(Cc3ccc(CNCc4ccc(CN)cc4)cc3)c2n1. The first-order valence-electron chi connectivity index (χ1n) is 11.0. The number of nitrogen functional groups attached to an aromatic ring is 1. The van der Waals surface area contributed by atoms with Crippen LogP contribution in [0.15, 0.2) is 48.5 Å². The summed E-state index contributed by atoms with van der Waals surface area (Å²) in [5, 5.41) is 13.8. The second-order valence-electron chi connectivity index (χ2n) is 7.84. The highest BCUT2D eigenvalue weighted by Crippen LogP contribution is 2.25. The first-order valence-corrected chi connectivity index (χ1v) is 11.0. The second kappa shape index (κ2) is 10.9. The minimum atomic E-state index is -0.184. The van der Waals surface area contributed by atoms with Gasteiger partial charge in [-0.05, 0) is 22.3 Å². The monoisotopic (exact) mass is 463 g/mol. The molecule has 10 heteroatoms. The van der Waals surface area contributed by atoms with Gasteiger partial charge in [0.15, 0.2) is 17.0 Å². The van der Waals surface area contributed by atoms with Gasteiger partial charge in [0.2, 0.25) is 0 Å². The van der Waals surface area contributed by atoms with E-state index in [0.717, 1.165) is 29.8 Å². The molecule has 0 aliphatic heterocycles. The van der Waals surface area contributed by atoms with Crippen molar-refractivity contribution in [2.45, 2.75) is 26.2 Å². The molecule has 0 amide bonds. The van der Waals surface area contributed by atoms with Crippen LogP contribution in [0.5, 0.6) is 12.0 Å². The third-order valence-electron chi connectivity index (χ3n) is 5.38. The summed E-state index contributed by atoms with van der Waals surface area (Å²) in [6, 6.07) is 16.3. The van der Waals surface area contributed by atoms with E-state index < -0.39 is 0 Å². The molecule has 0 spiro atoms. The van der Waals surface area contributed by atoms with Crippen molar-refractivity contribution in [3.05, 3.63) is 70.8 Å². The zero-order valence-electron chi connectivity index (χ0n) is 19.1. The van der Waals surface area contributed by atoms with Crippen molar-refractivity contribution in [1.29, 1.82) is 0 Å². The Balaban J connectivity index is 1.41. The molecule has 6 N–H and O–H groups in total. The first-order chi connectivity index (χ1) is 16.6. The number of nitrogens with zero attached hydrogens (tertiary/aromatic N) is 4. The summed E-state index contributed by atoms with van der Waals surface area (Å²) < 4.78 is 12.0. The van der Waals surface area contributed by atoms with Crippen LogP contribution in [0.25, 0.3) is 11.2 Å². The smallest absolute Gasteiger partial charge is 0.320 e. The molecular formula is C24H29N7O3. The van der Waals surface area contributed by atoms with E-state index in [1.54, 1.807) is 11.7 Å². The van der Waals surface area contributed by atoms with E-state index in [0.29, 0.717) is 30.9 Å². The summed E-state index contributed by atoms with van der Waals surface area (Å²) in [4.78, 5) is 12.6. The molecule has 0 fully saturated rings. The highest BCUT2D eigenvalue weighted by Gasteiger charge is 2.17. The lowest BCUT2D eigenvalue weighted by Crippen LogP contribution is -2.13. The van der Waals surface area contributed by atoms with Gasteiger partial charge >= 0.3 is 6.01 Å². The number of nitrogens with two attached hydrogens (primary N) is 2. The Kier molecular flexibility index (Phi) is 7.53. The van der Waals surface area contributed by atoms with Gasteiger partial charge in [-0.15, -0.1) is 0 Å². The summed E-state index contributed by atoms with van der Waals surface area (Å²) >= 11 is 0. The number of benzene rings is 2. The number of anilines is 1. The Hall–Kier alpha value is -3.73. The zero-order chi connectivity index (χ0) is 23.9. The van der Waals surface area contributed by atoms with Crippen LogP contribution in [-0.4, -0.2) is 44.9 Å². The van der Waals surface area contributed by atoms with Crippen LogP contribution < -0.4 is 21.5 Å². The maximum atomic E-state index is 10.4. The molecule has 2 aromatic heterocycles. The average molecular weight is 464 g/mol. The second-order valence-corrected chi connectivity index (χ2v) is 7.84. The Morgan fingerprint density at radius 3 is 2.12 bits per heavy atom. The van der Waals surface area contributed by atoms with Gasteiger partial charge in [0.1, 0.15) is 6.61 Å². The lowest BCUT2D eigenvalue weighted by molar-refractivity contribution is 0.141. The fourth-order valence-electron chi connectivity index (χ4n) is 3.51. The molecule has 10 nitrogen and oxygen atoms in total. The van der Waals surface area contributed by atoms with Crippen molar-refractivity contribution in [2.75, 3.05) is 26.1 Å². The average Bonchev–Trinajstić information content (AvgIpc) is 3.16. The molecule has 34 heavy (non-hydrogen) atoms. The number of ether oxygens (including phenoxy) is 2. The van der Waals surface area contributed by atoms with Crippen molar-refractivity contribution < 1.29 is 14.6 Å². The number of fused-ring (bicyclic) bond motifs is 1. The zero-order valence-corrected chi connectivity index (χ0v) is 19.1. The molecule has 2 heterocycles. The fourth-order valence-corrected chi connectivity index (χ4v) is 3.51. The minimum absolute atomic E-state index is 0.113. The molecule has 0 unspecified atom stereocenters. The quantitative estimate of drug-likeness (QED) is 0.245. The summed E-state index contributed by atoms with van der Waals surface area (Å²) in [5.41, 5.74) is 16.9. The number of hydrogen-bond donors (Lipinski definition) is 4. The fraction of sp³-hybridized carbons (Fsp3) is 0.292. The summed E-state index contributed by atoms with van der Waals surface area (Å²) in [5.74, 6) is 0.144. The van der Waals surface area contributed by atoms with Gasteiger partial charge < -0.3 is 31.4 Å². The number of rotatable bonds is 11. The number of imidazole rings is 1. The van der Waals surface area contributed by atoms with Crippen LogP contribution in [0.4, 0.5) is 5.82 Å². The molecule has 0 radical (unpaired) electrons. The molecule has 178 valence electrons. The number of nitrogens with one attached hydrogen (secondary N) is 1. The Labute approximate surface area is 197 Å². The van der Waals surface area contributed by atoms with Crippen molar-refractivity contribution in [3.8, 4) is 12.0 Å². The lowest BCUT2D eigenvalue weighted by Gasteiger charge is -2.09. The molecule has 0 atom stereocenters. The van der Waals surface area contributed by atoms with Crippen molar-refractivity contribution in [3.63, 3.8) is 0 Å². The molecule has 4 rings (SSSR count). The normalized spacial score (nSPS) is 11.2. The predicted octanol–water partition coefficient (Wildman–Crippen LogP) is 1.94. The molecule has 0 bridgehead atoms. The van der Waals surface area contributed by atoms with Gasteiger partial charge in [0.25, 0.3) is 6.01 Å². The van der Waals surface area contributed by atoms with Crippen LogP contribution in [0.2, 0.25) is 0 Å². The minimum Gasteiger partial charge on any atom is -0.480 e. The van der Waals surface area contributed by atoms with Crippen LogP contribution >= 0.6 is 0 Å². The third-order valence-corrected chi connectivity index (χ3v) is 5.38. The van der Waals surface area contributed by atoms with E-state index in [2.05, 4.69) is 44.5 Å². The van der Waals surface area contributed by atoms with E-state index in [9.17, 15) is 5.11 Å². The van der Waals surface area contributed by atoms with E-state index in [-0.39, 0.29) is 24.4 Å². The molecule has 4 aromatic rings. The van der Waals surface area contributed by atoms with Crippen molar-refractivity contribution >= 4 is 17.0 Å². The van der Waals surface area contributed by atoms with Gasteiger partial charge in [-0.25, -0.2) is 0 Å². The summed E-state index contributed by atoms with van der Waals surface area (Å²) in [7, 11) is 1.58. The van der Waals surface area contributed by atoms with Gasteiger partial charge in [-0.1, -0.05) is 48.5 Å². The van der Waals surface area contributed by atoms with E-state index in [1.165, 1.54) is 5.56 Å². The third kappa shape index (κ3) is 5.60. The largest absolute Gasteiger partial charge is 0.480 e. The standard InChI is InChI=1S/C24H29N7O3/c1-33-10-11-34-23-29-21(26)20-22(30-23)31(24(32)28-20)15-19-8-6-18(7-9-19)14-27-13-17-4-2-16(12-25)3-5-17/h2-9,27H,10-15,25H2,1H3,(H,28,32)(H2,26,29,30). The highest BCUT2D eigenvalue weighted by molar-refractivity contribution is 5.83. The molecule has 0 aliphatic rings. The maximum absolute atomic E-state index is 10.4. The Morgan fingerprint density at radius 2 is 1.50 bits per heavy atom. The molecule has 2 aromatic carbocycles. The molecule has 0 saturated carbocycles. The number of aromatic hydroxyl groups is 1. The van der Waals surface area contributed by atoms with Crippen LogP contribution in [0.1, 0.15) is 22.3 Å². The Bertz CT molecular complexity index is 1220. The van der Waals surface area contributed by atoms with Gasteiger partial charge in [-0.3, -0.25) is 4.57 Å². The van der Waals surface area contributed by atoms with Crippen molar-refractivity contribution in [1.82, 2.24) is 24.8 Å². The predicted molar refractivity (Wildman–Crippen MR) is 129 cm³/mol. The van der Waals surface area contributed by atoms with Crippen LogP contribution in [0.3, 0.4) is 0 Å². The molecular weight excluding hydrogens is 434 g/mol. The van der Waals surface area contributed by atoms with Gasteiger partial charge in [0, 0.05) is 26.7 Å². The topological polar surface area (TPSA) is 146 Å². The number of hydrogen-bond acceptors (Lipinski definition) is 9.